The third-order valence-corrected chi connectivity index (χ3v) is 4.87. The van der Waals surface area contributed by atoms with Crippen LogP contribution in [0.1, 0.15) is 24.9 Å². The van der Waals surface area contributed by atoms with Crippen LogP contribution in [0.5, 0.6) is 0 Å². The van der Waals surface area contributed by atoms with Gasteiger partial charge < -0.3 is 15.0 Å². The number of likely N-dealkylation sites (tertiary alicyclic amines) is 1. The molecule has 1 aliphatic heterocycles. The van der Waals surface area contributed by atoms with Crippen molar-refractivity contribution in [1.29, 1.82) is 0 Å². The third kappa shape index (κ3) is 3.94. The average molecular weight is 360 g/mol. The second kappa shape index (κ2) is 7.97. The van der Waals surface area contributed by atoms with E-state index in [2.05, 4.69) is 17.3 Å². The van der Waals surface area contributed by atoms with Gasteiger partial charge in [0.15, 0.2) is 0 Å². The summed E-state index contributed by atoms with van der Waals surface area (Å²) in [6, 6.07) is 6.38. The van der Waals surface area contributed by atoms with Crippen molar-refractivity contribution in [3.05, 3.63) is 48.0 Å². The number of carbonyl (C=O) groups excluding carboxylic acids is 1. The quantitative estimate of drug-likeness (QED) is 0.822. The van der Waals surface area contributed by atoms with Gasteiger partial charge in [-0.25, -0.2) is 9.07 Å². The number of methoxy groups -OCH3 is 1. The van der Waals surface area contributed by atoms with Crippen LogP contribution in [0.15, 0.2) is 36.7 Å². The van der Waals surface area contributed by atoms with E-state index in [1.165, 1.54) is 12.1 Å². The molecule has 3 rings (SSSR count). The van der Waals surface area contributed by atoms with Gasteiger partial charge in [0.05, 0.1) is 24.5 Å². The molecule has 0 spiro atoms. The van der Waals surface area contributed by atoms with Crippen molar-refractivity contribution in [3.63, 3.8) is 0 Å². The summed E-state index contributed by atoms with van der Waals surface area (Å²) in [7, 11) is 3.51. The molecule has 1 amide bonds. The van der Waals surface area contributed by atoms with Gasteiger partial charge in [-0.3, -0.25) is 4.79 Å². The van der Waals surface area contributed by atoms with Crippen molar-refractivity contribution in [2.75, 3.05) is 27.3 Å². The lowest BCUT2D eigenvalue weighted by Gasteiger charge is -2.25. The monoisotopic (exact) mass is 360 g/mol. The van der Waals surface area contributed by atoms with Gasteiger partial charge in [0.2, 0.25) is 5.91 Å². The molecule has 0 bridgehead atoms. The largest absolute Gasteiger partial charge is 0.383 e. The summed E-state index contributed by atoms with van der Waals surface area (Å²) in [4.78, 5) is 14.0. The Kier molecular flexibility index (Phi) is 5.68. The molecule has 1 aromatic carbocycles. The predicted molar refractivity (Wildman–Crippen MR) is 96.5 cm³/mol. The fourth-order valence-corrected chi connectivity index (χ4v) is 3.52. The molecule has 0 radical (unpaired) electrons. The fraction of sp³-hybridized carbons (Fsp3) is 0.474. The van der Waals surface area contributed by atoms with E-state index >= 15 is 0 Å². The normalized spacial score (nSPS) is 21.4. The van der Waals surface area contributed by atoms with Gasteiger partial charge in [0, 0.05) is 50.8 Å². The van der Waals surface area contributed by atoms with E-state index in [0.29, 0.717) is 13.0 Å². The molecule has 2 heterocycles. The molecule has 0 aliphatic carbocycles. The van der Waals surface area contributed by atoms with E-state index in [9.17, 15) is 9.18 Å². The predicted octanol–water partition coefficient (Wildman–Crippen LogP) is 2.16. The maximum absolute atomic E-state index is 13.1. The van der Waals surface area contributed by atoms with Crippen LogP contribution in [-0.4, -0.2) is 53.9 Å². The molecule has 1 aliphatic rings. The Morgan fingerprint density at radius 1 is 1.38 bits per heavy atom. The lowest BCUT2D eigenvalue weighted by atomic mass is 9.95. The number of aromatic nitrogens is 2. The van der Waals surface area contributed by atoms with Crippen molar-refractivity contribution in [3.8, 4) is 5.69 Å². The second-order valence-corrected chi connectivity index (χ2v) is 6.87. The zero-order valence-electron chi connectivity index (χ0n) is 15.4. The number of ether oxygens (including phenoxy) is 1. The Balaban J connectivity index is 1.76. The summed E-state index contributed by atoms with van der Waals surface area (Å²) < 4.78 is 20.0. The van der Waals surface area contributed by atoms with Gasteiger partial charge in [0.1, 0.15) is 5.82 Å². The van der Waals surface area contributed by atoms with Crippen molar-refractivity contribution in [2.24, 2.45) is 5.92 Å². The van der Waals surface area contributed by atoms with E-state index in [4.69, 9.17) is 4.74 Å². The van der Waals surface area contributed by atoms with Crippen molar-refractivity contribution >= 4 is 5.91 Å². The van der Waals surface area contributed by atoms with Gasteiger partial charge in [-0.05, 0) is 31.2 Å². The number of amides is 1. The SMILES string of the molecule is COCC(C)NC[C@@H]1CC(=O)N(C)[C@H]1c1cnn(-c2ccc(F)cc2)c1. The second-order valence-electron chi connectivity index (χ2n) is 6.87. The lowest BCUT2D eigenvalue weighted by molar-refractivity contribution is -0.127. The first-order chi connectivity index (χ1) is 12.5. The molecule has 2 aromatic rings. The first-order valence-corrected chi connectivity index (χ1v) is 8.78. The molecule has 140 valence electrons. The van der Waals surface area contributed by atoms with Gasteiger partial charge in [-0.2, -0.15) is 5.10 Å². The van der Waals surface area contributed by atoms with Crippen LogP contribution in [0.25, 0.3) is 5.69 Å². The lowest BCUT2D eigenvalue weighted by Crippen LogP contribution is -2.36. The molecular weight excluding hydrogens is 335 g/mol. The van der Waals surface area contributed by atoms with E-state index in [0.717, 1.165) is 17.8 Å². The number of hydrogen-bond acceptors (Lipinski definition) is 4. The van der Waals surface area contributed by atoms with Gasteiger partial charge >= 0.3 is 0 Å². The first-order valence-electron chi connectivity index (χ1n) is 8.78. The summed E-state index contributed by atoms with van der Waals surface area (Å²) in [6.45, 7) is 3.42. The fourth-order valence-electron chi connectivity index (χ4n) is 3.52. The zero-order chi connectivity index (χ0) is 18.7. The highest BCUT2D eigenvalue weighted by Gasteiger charge is 2.39. The molecule has 1 aromatic heterocycles. The third-order valence-electron chi connectivity index (χ3n) is 4.87. The summed E-state index contributed by atoms with van der Waals surface area (Å²) in [5.41, 5.74) is 1.77. The van der Waals surface area contributed by atoms with Crippen LogP contribution in [0.4, 0.5) is 4.39 Å². The van der Waals surface area contributed by atoms with Crippen LogP contribution in [-0.2, 0) is 9.53 Å². The topological polar surface area (TPSA) is 59.4 Å². The summed E-state index contributed by atoms with van der Waals surface area (Å²) in [6.07, 6.45) is 4.21. The van der Waals surface area contributed by atoms with Crippen molar-refractivity contribution in [1.82, 2.24) is 20.0 Å². The zero-order valence-corrected chi connectivity index (χ0v) is 15.4. The van der Waals surface area contributed by atoms with Crippen LogP contribution in [0.3, 0.4) is 0 Å². The van der Waals surface area contributed by atoms with E-state index in [-0.39, 0.29) is 29.7 Å². The minimum absolute atomic E-state index is 0.0288. The van der Waals surface area contributed by atoms with E-state index in [1.54, 1.807) is 35.0 Å². The van der Waals surface area contributed by atoms with E-state index < -0.39 is 0 Å². The Morgan fingerprint density at radius 2 is 2.12 bits per heavy atom. The molecule has 7 heteroatoms. The minimum atomic E-state index is -0.279. The Labute approximate surface area is 152 Å². The molecule has 6 nitrogen and oxygen atoms in total. The Hall–Kier alpha value is -2.25. The number of carbonyl (C=O) groups is 1. The van der Waals surface area contributed by atoms with E-state index in [1.807, 2.05) is 13.2 Å². The molecule has 1 fully saturated rings. The Morgan fingerprint density at radius 3 is 2.81 bits per heavy atom. The minimum Gasteiger partial charge on any atom is -0.383 e. The van der Waals surface area contributed by atoms with Gasteiger partial charge in [0.25, 0.3) is 0 Å². The molecule has 0 saturated carbocycles. The molecule has 3 atom stereocenters. The maximum atomic E-state index is 13.1. The molecule has 1 N–H and O–H groups in total. The average Bonchev–Trinajstić information content (AvgIpc) is 3.19. The van der Waals surface area contributed by atoms with Crippen molar-refractivity contribution in [2.45, 2.75) is 25.4 Å². The number of rotatable bonds is 7. The molecule has 1 unspecified atom stereocenters. The van der Waals surface area contributed by atoms with Crippen LogP contribution in [0.2, 0.25) is 0 Å². The standard InChI is InChI=1S/C19H25FN4O2/c1-13(12-26-3)21-9-14-8-18(25)23(2)19(14)15-10-22-24(11-15)17-6-4-16(20)5-7-17/h4-7,10-11,13-14,19,21H,8-9,12H2,1-3H3/t13?,14-,19+/m0/s1. The van der Waals surface area contributed by atoms with Crippen molar-refractivity contribution < 1.29 is 13.9 Å². The summed E-state index contributed by atoms with van der Waals surface area (Å²) in [5.74, 6) is 0.0203. The first kappa shape index (κ1) is 18.5. The smallest absolute Gasteiger partial charge is 0.223 e. The summed E-state index contributed by atoms with van der Waals surface area (Å²) in [5, 5.41) is 7.83. The van der Waals surface area contributed by atoms with Crippen LogP contribution in [0, 0.1) is 11.7 Å². The number of hydrogen-bond donors (Lipinski definition) is 1. The highest BCUT2D eigenvalue weighted by Crippen LogP contribution is 2.36. The van der Waals surface area contributed by atoms with Gasteiger partial charge in [-0.1, -0.05) is 0 Å². The molecule has 26 heavy (non-hydrogen) atoms. The Bertz CT molecular complexity index is 746. The summed E-state index contributed by atoms with van der Waals surface area (Å²) >= 11 is 0. The van der Waals surface area contributed by atoms with Crippen LogP contribution < -0.4 is 5.32 Å². The number of nitrogens with one attached hydrogen (secondary N) is 1. The van der Waals surface area contributed by atoms with Gasteiger partial charge in [-0.15, -0.1) is 0 Å². The number of halogens is 1. The molecular formula is C19H25FN4O2. The highest BCUT2D eigenvalue weighted by atomic mass is 19.1. The maximum Gasteiger partial charge on any atom is 0.223 e. The highest BCUT2D eigenvalue weighted by molar-refractivity contribution is 5.79. The molecule has 1 saturated heterocycles. The number of nitrogens with zero attached hydrogens (tertiary/aromatic N) is 3. The number of benzene rings is 1. The van der Waals surface area contributed by atoms with Crippen LogP contribution >= 0.6 is 0 Å².